The van der Waals surface area contributed by atoms with E-state index in [2.05, 4.69) is 16.0 Å². The van der Waals surface area contributed by atoms with Crippen LogP contribution >= 0.6 is 0 Å². The quantitative estimate of drug-likeness (QED) is 0.744. The zero-order valence-electron chi connectivity index (χ0n) is 15.6. The fraction of sp³-hybridized carbons (Fsp3) is 0.632. The average Bonchev–Trinajstić information content (AvgIpc) is 3.07. The van der Waals surface area contributed by atoms with E-state index in [0.717, 1.165) is 31.7 Å². The van der Waals surface area contributed by atoms with E-state index in [-0.39, 0.29) is 25.2 Å². The van der Waals surface area contributed by atoms with E-state index in [4.69, 9.17) is 14.7 Å². The second-order valence-electron chi connectivity index (χ2n) is 6.99. The van der Waals surface area contributed by atoms with E-state index in [1.165, 1.54) is 7.11 Å². The molecule has 8 nitrogen and oxygen atoms in total. The molecule has 146 valence electrons. The number of amides is 1. The zero-order chi connectivity index (χ0) is 19.2. The molecule has 27 heavy (non-hydrogen) atoms. The number of anilines is 1. The largest absolute Gasteiger partial charge is 0.388 e. The van der Waals surface area contributed by atoms with Crippen LogP contribution in [0.2, 0.25) is 0 Å². The van der Waals surface area contributed by atoms with Gasteiger partial charge in [-0.3, -0.25) is 4.79 Å². The molecule has 8 heteroatoms. The average molecular weight is 374 g/mol. The Kier molecular flexibility index (Phi) is 6.61. The number of rotatable bonds is 7. The first kappa shape index (κ1) is 19.5. The molecule has 0 aromatic carbocycles. The van der Waals surface area contributed by atoms with E-state index in [1.54, 1.807) is 12.3 Å². The predicted molar refractivity (Wildman–Crippen MR) is 98.1 cm³/mol. The van der Waals surface area contributed by atoms with Gasteiger partial charge >= 0.3 is 0 Å². The predicted octanol–water partition coefficient (Wildman–Crippen LogP) is 0.547. The van der Waals surface area contributed by atoms with Gasteiger partial charge in [0.1, 0.15) is 24.1 Å². The molecule has 2 unspecified atom stereocenters. The number of aromatic nitrogens is 1. The van der Waals surface area contributed by atoms with Crippen molar-refractivity contribution in [3.05, 3.63) is 23.9 Å². The maximum atomic E-state index is 12.6. The summed E-state index contributed by atoms with van der Waals surface area (Å²) in [5, 5.41) is 18.5. The summed E-state index contributed by atoms with van der Waals surface area (Å²) < 4.78 is 10.5. The van der Waals surface area contributed by atoms with Crippen molar-refractivity contribution in [1.29, 1.82) is 5.26 Å². The second-order valence-corrected chi connectivity index (χ2v) is 6.99. The van der Waals surface area contributed by atoms with Crippen molar-refractivity contribution in [1.82, 2.24) is 9.88 Å². The number of aliphatic hydroxyl groups excluding tert-OH is 1. The van der Waals surface area contributed by atoms with E-state index in [0.29, 0.717) is 18.5 Å². The molecule has 0 radical (unpaired) electrons. The number of piperidine rings is 1. The van der Waals surface area contributed by atoms with Crippen LogP contribution in [0.1, 0.15) is 24.8 Å². The first-order chi connectivity index (χ1) is 13.1. The summed E-state index contributed by atoms with van der Waals surface area (Å²) in [6, 6.07) is 5.93. The Morgan fingerprint density at radius 3 is 2.70 bits per heavy atom. The zero-order valence-corrected chi connectivity index (χ0v) is 15.6. The topological polar surface area (TPSA) is 98.9 Å². The van der Waals surface area contributed by atoms with Gasteiger partial charge in [0.05, 0.1) is 18.8 Å². The molecule has 2 fully saturated rings. The standard InChI is InChI=1S/C19H26N4O4/c1-26-12-16(24)13-27-17-6-9-23(19(17)25)15-4-7-22(8-5-15)18-3-2-14(10-20)11-21-18/h2-3,11,15-17,24H,4-9,12-13H2,1H3. The highest BCUT2D eigenvalue weighted by Gasteiger charge is 2.38. The molecule has 0 saturated carbocycles. The number of aliphatic hydroxyl groups is 1. The Labute approximate surface area is 159 Å². The molecule has 3 rings (SSSR count). The molecule has 2 saturated heterocycles. The number of nitriles is 1. The lowest BCUT2D eigenvalue weighted by atomic mass is 10.0. The number of hydrogen-bond donors (Lipinski definition) is 1. The maximum Gasteiger partial charge on any atom is 0.252 e. The molecule has 0 bridgehead atoms. The first-order valence-electron chi connectivity index (χ1n) is 9.32. The van der Waals surface area contributed by atoms with Gasteiger partial charge in [-0.05, 0) is 25.0 Å². The van der Waals surface area contributed by atoms with Crippen LogP contribution in [-0.4, -0.2) is 79.1 Å². The highest BCUT2D eigenvalue weighted by atomic mass is 16.5. The minimum absolute atomic E-state index is 0.0227. The third kappa shape index (κ3) is 4.75. The monoisotopic (exact) mass is 374 g/mol. The Balaban J connectivity index is 1.48. The van der Waals surface area contributed by atoms with Crippen LogP contribution in [0.5, 0.6) is 0 Å². The van der Waals surface area contributed by atoms with Gasteiger partial charge in [-0.2, -0.15) is 5.26 Å². The summed E-state index contributed by atoms with van der Waals surface area (Å²) in [5.74, 6) is 0.892. The summed E-state index contributed by atoms with van der Waals surface area (Å²) in [6.45, 7) is 2.66. The third-order valence-electron chi connectivity index (χ3n) is 5.15. The third-order valence-corrected chi connectivity index (χ3v) is 5.15. The lowest BCUT2D eigenvalue weighted by Gasteiger charge is -2.37. The fourth-order valence-corrected chi connectivity index (χ4v) is 3.71. The Morgan fingerprint density at radius 2 is 2.07 bits per heavy atom. The molecule has 0 spiro atoms. The smallest absolute Gasteiger partial charge is 0.252 e. The van der Waals surface area contributed by atoms with Gasteiger partial charge in [-0.15, -0.1) is 0 Å². The van der Waals surface area contributed by atoms with Crippen LogP contribution in [0.25, 0.3) is 0 Å². The van der Waals surface area contributed by atoms with Gasteiger partial charge in [0, 0.05) is 45.4 Å². The molecule has 2 aliphatic heterocycles. The van der Waals surface area contributed by atoms with Crippen molar-refractivity contribution in [3.8, 4) is 6.07 Å². The first-order valence-corrected chi connectivity index (χ1v) is 9.32. The second kappa shape index (κ2) is 9.13. The normalized spacial score (nSPS) is 22.1. The summed E-state index contributed by atoms with van der Waals surface area (Å²) >= 11 is 0. The number of pyridine rings is 1. The number of ether oxygens (including phenoxy) is 2. The van der Waals surface area contributed by atoms with Crippen molar-refractivity contribution in [2.45, 2.75) is 37.5 Å². The molecule has 0 aliphatic carbocycles. The minimum Gasteiger partial charge on any atom is -0.388 e. The van der Waals surface area contributed by atoms with Crippen LogP contribution in [0.4, 0.5) is 5.82 Å². The van der Waals surface area contributed by atoms with Crippen molar-refractivity contribution in [2.75, 3.05) is 44.9 Å². The van der Waals surface area contributed by atoms with Crippen LogP contribution in [0.3, 0.4) is 0 Å². The molecular formula is C19H26N4O4. The highest BCUT2D eigenvalue weighted by molar-refractivity contribution is 5.83. The van der Waals surface area contributed by atoms with Crippen LogP contribution in [-0.2, 0) is 14.3 Å². The number of carbonyl (C=O) groups excluding carboxylic acids is 1. The van der Waals surface area contributed by atoms with E-state index < -0.39 is 12.2 Å². The van der Waals surface area contributed by atoms with Crippen molar-refractivity contribution >= 4 is 11.7 Å². The number of hydrogen-bond acceptors (Lipinski definition) is 7. The van der Waals surface area contributed by atoms with Crippen LogP contribution in [0.15, 0.2) is 18.3 Å². The Morgan fingerprint density at radius 1 is 1.30 bits per heavy atom. The summed E-state index contributed by atoms with van der Waals surface area (Å²) in [6.07, 6.45) is 2.84. The number of methoxy groups -OCH3 is 1. The van der Waals surface area contributed by atoms with Gasteiger partial charge in [-0.25, -0.2) is 4.98 Å². The minimum atomic E-state index is -0.708. The number of carbonyl (C=O) groups is 1. The molecule has 1 N–H and O–H groups in total. The Bertz CT molecular complexity index is 667. The molecule has 2 atom stereocenters. The van der Waals surface area contributed by atoms with Crippen LogP contribution in [0, 0.1) is 11.3 Å². The van der Waals surface area contributed by atoms with E-state index in [1.807, 2.05) is 11.0 Å². The lowest BCUT2D eigenvalue weighted by Crippen LogP contribution is -2.47. The van der Waals surface area contributed by atoms with E-state index in [9.17, 15) is 9.90 Å². The molecule has 1 aromatic rings. The Hall–Kier alpha value is -2.21. The summed E-state index contributed by atoms with van der Waals surface area (Å²) in [4.78, 5) is 21.1. The maximum absolute atomic E-state index is 12.6. The van der Waals surface area contributed by atoms with Gasteiger partial charge in [0.2, 0.25) is 0 Å². The van der Waals surface area contributed by atoms with Gasteiger partial charge in [0.15, 0.2) is 0 Å². The molecule has 1 aromatic heterocycles. The summed E-state index contributed by atoms with van der Waals surface area (Å²) in [7, 11) is 1.52. The number of nitrogens with zero attached hydrogens (tertiary/aromatic N) is 4. The summed E-state index contributed by atoms with van der Waals surface area (Å²) in [5.41, 5.74) is 0.554. The molecular weight excluding hydrogens is 348 g/mol. The SMILES string of the molecule is COCC(O)COC1CCN(C2CCN(c3ccc(C#N)cn3)CC2)C1=O. The highest BCUT2D eigenvalue weighted by Crippen LogP contribution is 2.26. The molecule has 3 heterocycles. The van der Waals surface area contributed by atoms with Gasteiger partial charge < -0.3 is 24.4 Å². The molecule has 2 aliphatic rings. The van der Waals surface area contributed by atoms with Crippen LogP contribution < -0.4 is 4.90 Å². The lowest BCUT2D eigenvalue weighted by molar-refractivity contribution is -0.141. The van der Waals surface area contributed by atoms with E-state index >= 15 is 0 Å². The number of likely N-dealkylation sites (tertiary alicyclic amines) is 1. The van der Waals surface area contributed by atoms with Crippen molar-refractivity contribution < 1.29 is 19.4 Å². The fourth-order valence-electron chi connectivity index (χ4n) is 3.71. The van der Waals surface area contributed by atoms with Gasteiger partial charge in [0.25, 0.3) is 5.91 Å². The van der Waals surface area contributed by atoms with Gasteiger partial charge in [-0.1, -0.05) is 0 Å². The van der Waals surface area contributed by atoms with Crippen molar-refractivity contribution in [3.63, 3.8) is 0 Å². The molecule has 1 amide bonds. The van der Waals surface area contributed by atoms with Crippen molar-refractivity contribution in [2.24, 2.45) is 0 Å².